The zero-order valence-corrected chi connectivity index (χ0v) is 18.0. The molecule has 1 saturated heterocycles. The molecule has 1 saturated carbocycles. The van der Waals surface area contributed by atoms with E-state index >= 15 is 0 Å². The summed E-state index contributed by atoms with van der Waals surface area (Å²) in [5.41, 5.74) is 1.71. The van der Waals surface area contributed by atoms with E-state index in [-0.39, 0.29) is 39.2 Å². The van der Waals surface area contributed by atoms with Crippen LogP contribution in [0.25, 0.3) is 0 Å². The second kappa shape index (κ2) is 7.79. The quantitative estimate of drug-likeness (QED) is 0.497. The molecular formula is C21H18Br2N2O3. The summed E-state index contributed by atoms with van der Waals surface area (Å²) in [6.07, 6.45) is 1.29. The molecule has 1 aliphatic carbocycles. The van der Waals surface area contributed by atoms with Gasteiger partial charge in [0.25, 0.3) is 5.91 Å². The van der Waals surface area contributed by atoms with Crippen molar-refractivity contribution < 1.29 is 14.4 Å². The Morgan fingerprint density at radius 1 is 0.857 bits per heavy atom. The maximum atomic E-state index is 12.8. The molecule has 1 heterocycles. The lowest BCUT2D eigenvalue weighted by Gasteiger charge is -2.29. The average Bonchev–Trinajstić information content (AvgIpc) is 2.94. The molecule has 2 aromatic carbocycles. The van der Waals surface area contributed by atoms with Crippen molar-refractivity contribution in [2.45, 2.75) is 22.5 Å². The highest BCUT2D eigenvalue weighted by Crippen LogP contribution is 2.44. The number of nitrogens with zero attached hydrogens (tertiary/aromatic N) is 1. The van der Waals surface area contributed by atoms with Crippen LogP contribution in [-0.4, -0.2) is 27.4 Å². The molecule has 0 unspecified atom stereocenters. The van der Waals surface area contributed by atoms with Crippen LogP contribution in [0.1, 0.15) is 23.2 Å². The van der Waals surface area contributed by atoms with Gasteiger partial charge in [0.2, 0.25) is 11.8 Å². The molecule has 3 amide bonds. The lowest BCUT2D eigenvalue weighted by atomic mass is 9.81. The summed E-state index contributed by atoms with van der Waals surface area (Å²) in [6.45, 7) is 0. The summed E-state index contributed by atoms with van der Waals surface area (Å²) in [6, 6.07) is 15.7. The Kier molecular flexibility index (Phi) is 5.38. The van der Waals surface area contributed by atoms with Gasteiger partial charge in [-0.1, -0.05) is 50.1 Å². The van der Waals surface area contributed by atoms with E-state index in [1.165, 1.54) is 4.90 Å². The number of benzene rings is 2. The van der Waals surface area contributed by atoms with E-state index < -0.39 is 0 Å². The zero-order valence-electron chi connectivity index (χ0n) is 14.8. The highest BCUT2D eigenvalue weighted by molar-refractivity contribution is 9.12. The van der Waals surface area contributed by atoms with Crippen molar-refractivity contribution in [3.63, 3.8) is 0 Å². The van der Waals surface area contributed by atoms with Crippen LogP contribution in [0.4, 0.5) is 11.4 Å². The molecule has 144 valence electrons. The minimum atomic E-state index is -0.275. The van der Waals surface area contributed by atoms with E-state index in [1.807, 2.05) is 6.07 Å². The van der Waals surface area contributed by atoms with Crippen LogP contribution < -0.4 is 10.2 Å². The fourth-order valence-electron chi connectivity index (χ4n) is 3.84. The summed E-state index contributed by atoms with van der Waals surface area (Å²) in [5, 5.41) is 2.82. The zero-order chi connectivity index (χ0) is 19.8. The normalized spacial score (nSPS) is 26.9. The molecule has 0 aromatic heterocycles. The topological polar surface area (TPSA) is 66.5 Å². The first-order valence-electron chi connectivity index (χ1n) is 9.08. The first-order valence-corrected chi connectivity index (χ1v) is 10.9. The predicted molar refractivity (Wildman–Crippen MR) is 115 cm³/mol. The summed E-state index contributed by atoms with van der Waals surface area (Å²) >= 11 is 7.19. The first kappa shape index (κ1) is 19.3. The second-order valence-corrected chi connectivity index (χ2v) is 9.45. The molecule has 4 atom stereocenters. The van der Waals surface area contributed by atoms with Crippen LogP contribution in [-0.2, 0) is 9.59 Å². The summed E-state index contributed by atoms with van der Waals surface area (Å²) in [5.74, 6) is -1.04. The summed E-state index contributed by atoms with van der Waals surface area (Å²) in [4.78, 5) is 39.6. The van der Waals surface area contributed by atoms with Gasteiger partial charge in [-0.15, -0.1) is 0 Å². The van der Waals surface area contributed by atoms with Gasteiger partial charge in [-0.05, 0) is 49.2 Å². The van der Waals surface area contributed by atoms with Gasteiger partial charge in [-0.2, -0.15) is 0 Å². The van der Waals surface area contributed by atoms with E-state index in [4.69, 9.17) is 0 Å². The van der Waals surface area contributed by atoms with E-state index in [1.54, 1.807) is 48.5 Å². The number of alkyl halides is 2. The Labute approximate surface area is 179 Å². The second-order valence-electron chi connectivity index (χ2n) is 7.10. The fraction of sp³-hybridized carbons (Fsp3) is 0.286. The van der Waals surface area contributed by atoms with Crippen molar-refractivity contribution in [2.24, 2.45) is 11.8 Å². The summed E-state index contributed by atoms with van der Waals surface area (Å²) in [7, 11) is 0. The van der Waals surface area contributed by atoms with E-state index in [2.05, 4.69) is 37.2 Å². The highest BCUT2D eigenvalue weighted by Gasteiger charge is 2.52. The number of hydrogen-bond donors (Lipinski definition) is 1. The van der Waals surface area contributed by atoms with Gasteiger partial charge in [0, 0.05) is 20.9 Å². The molecule has 2 aliphatic rings. The molecule has 4 rings (SSSR count). The van der Waals surface area contributed by atoms with Gasteiger partial charge in [0.05, 0.1) is 17.5 Å². The number of imide groups is 1. The third-order valence-corrected chi connectivity index (χ3v) is 8.06. The van der Waals surface area contributed by atoms with Gasteiger partial charge in [0.15, 0.2) is 0 Å². The molecule has 2 fully saturated rings. The van der Waals surface area contributed by atoms with Crippen molar-refractivity contribution >= 4 is 61.0 Å². The average molecular weight is 506 g/mol. The minimum Gasteiger partial charge on any atom is -0.322 e. The van der Waals surface area contributed by atoms with Crippen LogP contribution in [0.3, 0.4) is 0 Å². The van der Waals surface area contributed by atoms with Gasteiger partial charge < -0.3 is 5.32 Å². The number of amides is 3. The molecule has 1 aliphatic heterocycles. The number of anilines is 2. The number of halogens is 2. The Morgan fingerprint density at radius 2 is 1.39 bits per heavy atom. The maximum Gasteiger partial charge on any atom is 0.255 e. The van der Waals surface area contributed by atoms with Crippen LogP contribution in [0.15, 0.2) is 54.6 Å². The molecule has 7 heteroatoms. The Balaban J connectivity index is 1.50. The number of fused-ring (bicyclic) bond motifs is 1. The van der Waals surface area contributed by atoms with Gasteiger partial charge in [-0.25, -0.2) is 0 Å². The molecule has 5 nitrogen and oxygen atoms in total. The third-order valence-electron chi connectivity index (χ3n) is 5.33. The lowest BCUT2D eigenvalue weighted by molar-refractivity contribution is -0.122. The fourth-order valence-corrected chi connectivity index (χ4v) is 5.07. The van der Waals surface area contributed by atoms with Crippen LogP contribution >= 0.6 is 31.9 Å². The standard InChI is InChI=1S/C21H18Br2N2O3/c22-17-10-15-16(11-18(17)23)21(28)25(20(15)27)14-8-6-13(7-9-14)24-19(26)12-4-2-1-3-5-12/h1-9,15-18H,10-11H2,(H,24,26)/t15-,16-,17+,18+/m0/s1. The number of carbonyl (C=O) groups excluding carboxylic acids is 3. The first-order chi connectivity index (χ1) is 13.5. The van der Waals surface area contributed by atoms with Crippen molar-refractivity contribution in [3.05, 3.63) is 60.2 Å². The van der Waals surface area contributed by atoms with Crippen molar-refractivity contribution in [3.8, 4) is 0 Å². The molecule has 1 N–H and O–H groups in total. The van der Waals surface area contributed by atoms with Crippen molar-refractivity contribution in [1.82, 2.24) is 0 Å². The number of carbonyl (C=O) groups is 3. The van der Waals surface area contributed by atoms with Gasteiger partial charge in [-0.3, -0.25) is 19.3 Å². The predicted octanol–water partition coefficient (Wildman–Crippen LogP) is 4.37. The number of hydrogen-bond acceptors (Lipinski definition) is 3. The Bertz CT molecular complexity index is 889. The third kappa shape index (κ3) is 3.53. The SMILES string of the molecule is O=C(Nc1ccc(N2C(=O)[C@H]3C[C@@H](Br)[C@H](Br)C[C@@H]3C2=O)cc1)c1ccccc1. The molecule has 0 spiro atoms. The largest absolute Gasteiger partial charge is 0.322 e. The number of rotatable bonds is 3. The monoisotopic (exact) mass is 504 g/mol. The van der Waals surface area contributed by atoms with Crippen LogP contribution in [0, 0.1) is 11.8 Å². The Morgan fingerprint density at radius 3 is 1.93 bits per heavy atom. The van der Waals surface area contributed by atoms with Gasteiger partial charge >= 0.3 is 0 Å². The lowest BCUT2D eigenvalue weighted by Crippen LogP contribution is -2.34. The van der Waals surface area contributed by atoms with Gasteiger partial charge in [0.1, 0.15) is 0 Å². The molecule has 2 aromatic rings. The summed E-state index contributed by atoms with van der Waals surface area (Å²) < 4.78 is 0. The van der Waals surface area contributed by atoms with Crippen LogP contribution in [0.5, 0.6) is 0 Å². The smallest absolute Gasteiger partial charge is 0.255 e. The van der Waals surface area contributed by atoms with E-state index in [0.717, 1.165) is 0 Å². The maximum absolute atomic E-state index is 12.8. The molecule has 0 radical (unpaired) electrons. The van der Waals surface area contributed by atoms with Crippen LogP contribution in [0.2, 0.25) is 0 Å². The number of nitrogens with one attached hydrogen (secondary N) is 1. The van der Waals surface area contributed by atoms with Crippen molar-refractivity contribution in [2.75, 3.05) is 10.2 Å². The molecule has 28 heavy (non-hydrogen) atoms. The van der Waals surface area contributed by atoms with E-state index in [0.29, 0.717) is 29.8 Å². The van der Waals surface area contributed by atoms with E-state index in [9.17, 15) is 14.4 Å². The highest BCUT2D eigenvalue weighted by atomic mass is 79.9. The molecule has 0 bridgehead atoms. The van der Waals surface area contributed by atoms with Crippen molar-refractivity contribution in [1.29, 1.82) is 0 Å². The Hall–Kier alpha value is -1.99. The minimum absolute atomic E-state index is 0.139. The molecular weight excluding hydrogens is 488 g/mol.